The van der Waals surface area contributed by atoms with Gasteiger partial charge in [-0.25, -0.2) is 0 Å². The molecule has 0 amide bonds. The predicted octanol–water partition coefficient (Wildman–Crippen LogP) is 6.04. The fourth-order valence-corrected chi connectivity index (χ4v) is 2.69. The van der Waals surface area contributed by atoms with E-state index in [9.17, 15) is 9.59 Å². The van der Waals surface area contributed by atoms with Crippen molar-refractivity contribution >= 4 is 11.9 Å². The average molecular weight is 355 g/mol. The molecule has 0 aromatic carbocycles. The fourth-order valence-electron chi connectivity index (χ4n) is 2.69. The summed E-state index contributed by atoms with van der Waals surface area (Å²) in [6.45, 7) is 4.18. The van der Waals surface area contributed by atoms with E-state index >= 15 is 0 Å². The van der Waals surface area contributed by atoms with Gasteiger partial charge >= 0.3 is 11.9 Å². The Morgan fingerprint density at radius 2 is 1.52 bits per heavy atom. The van der Waals surface area contributed by atoms with Gasteiger partial charge in [0, 0.05) is 12.8 Å². The minimum absolute atomic E-state index is 0.133. The topological polar surface area (TPSA) is 63.6 Å². The second kappa shape index (κ2) is 17.5. The third-order valence-electron chi connectivity index (χ3n) is 4.31. The number of ether oxygens (including phenoxy) is 1. The van der Waals surface area contributed by atoms with Gasteiger partial charge in [-0.05, 0) is 44.9 Å². The number of esters is 1. The Labute approximate surface area is 154 Å². The molecule has 0 saturated carbocycles. The normalized spacial score (nSPS) is 12.4. The largest absolute Gasteiger partial charge is 0.481 e. The van der Waals surface area contributed by atoms with Crippen molar-refractivity contribution in [2.75, 3.05) is 0 Å². The van der Waals surface area contributed by atoms with Crippen LogP contribution in [0.15, 0.2) is 12.2 Å². The molecule has 0 radical (unpaired) electrons. The van der Waals surface area contributed by atoms with Gasteiger partial charge in [-0.1, -0.05) is 58.1 Å². The zero-order valence-corrected chi connectivity index (χ0v) is 16.3. The first-order valence-electron chi connectivity index (χ1n) is 10.2. The number of carbonyl (C=O) groups excluding carboxylic acids is 1. The van der Waals surface area contributed by atoms with Crippen LogP contribution in [0, 0.1) is 0 Å². The van der Waals surface area contributed by atoms with Crippen LogP contribution in [0.1, 0.15) is 104 Å². The van der Waals surface area contributed by atoms with Crippen LogP contribution in [0.3, 0.4) is 0 Å². The van der Waals surface area contributed by atoms with E-state index in [2.05, 4.69) is 19.1 Å². The van der Waals surface area contributed by atoms with Crippen LogP contribution in [0.2, 0.25) is 0 Å². The number of carboxylic acid groups (broad SMARTS) is 1. The highest BCUT2D eigenvalue weighted by Crippen LogP contribution is 2.13. The van der Waals surface area contributed by atoms with E-state index in [0.29, 0.717) is 19.3 Å². The van der Waals surface area contributed by atoms with Crippen LogP contribution >= 0.6 is 0 Å². The molecule has 0 saturated heterocycles. The molecule has 4 nitrogen and oxygen atoms in total. The molecule has 0 spiro atoms. The molecule has 0 fully saturated rings. The van der Waals surface area contributed by atoms with Crippen molar-refractivity contribution in [1.82, 2.24) is 0 Å². The standard InChI is InChI=1S/C21H38O4/c1-3-5-6-7-8-9-10-11-12-13-14-18-21(24)25-19(4-2)16-15-17-20(22)23/h7-8,19H,3-6,9-18H2,1-2H3,(H,22,23)/b8-7-. The number of hydrogen-bond acceptors (Lipinski definition) is 3. The maximum absolute atomic E-state index is 11.8. The molecule has 1 unspecified atom stereocenters. The summed E-state index contributed by atoms with van der Waals surface area (Å²) in [4.78, 5) is 22.3. The molecule has 1 N–H and O–H groups in total. The maximum Gasteiger partial charge on any atom is 0.306 e. The number of unbranched alkanes of at least 4 members (excludes halogenated alkanes) is 7. The molecule has 0 aliphatic rings. The lowest BCUT2D eigenvalue weighted by Gasteiger charge is -2.15. The summed E-state index contributed by atoms with van der Waals surface area (Å²) in [5.74, 6) is -0.932. The van der Waals surface area contributed by atoms with Crippen molar-refractivity contribution in [2.45, 2.75) is 110 Å². The number of aliphatic carboxylic acids is 1. The second-order valence-corrected chi connectivity index (χ2v) is 6.73. The summed E-state index contributed by atoms with van der Waals surface area (Å²) in [7, 11) is 0. The third kappa shape index (κ3) is 17.3. The zero-order chi connectivity index (χ0) is 18.8. The smallest absolute Gasteiger partial charge is 0.306 e. The summed E-state index contributed by atoms with van der Waals surface area (Å²) in [5.41, 5.74) is 0. The lowest BCUT2D eigenvalue weighted by Crippen LogP contribution is -2.17. The number of allylic oxidation sites excluding steroid dienone is 2. The summed E-state index contributed by atoms with van der Waals surface area (Å²) < 4.78 is 5.43. The van der Waals surface area contributed by atoms with E-state index in [1.807, 2.05) is 6.92 Å². The number of carboxylic acids is 1. The molecule has 0 aliphatic carbocycles. The Hall–Kier alpha value is -1.32. The Kier molecular flexibility index (Phi) is 16.6. The molecule has 0 aliphatic heterocycles. The highest BCUT2D eigenvalue weighted by atomic mass is 16.5. The van der Waals surface area contributed by atoms with E-state index in [1.54, 1.807) is 0 Å². The average Bonchev–Trinajstić information content (AvgIpc) is 2.58. The summed E-state index contributed by atoms with van der Waals surface area (Å²) in [5, 5.41) is 8.64. The van der Waals surface area contributed by atoms with Crippen LogP contribution < -0.4 is 0 Å². The van der Waals surface area contributed by atoms with Gasteiger partial charge < -0.3 is 9.84 Å². The first kappa shape index (κ1) is 23.7. The summed E-state index contributed by atoms with van der Waals surface area (Å²) >= 11 is 0. The summed E-state index contributed by atoms with van der Waals surface area (Å²) in [6.07, 6.45) is 17.5. The van der Waals surface area contributed by atoms with Crippen molar-refractivity contribution in [3.63, 3.8) is 0 Å². The quantitative estimate of drug-likeness (QED) is 0.196. The minimum atomic E-state index is -0.794. The predicted molar refractivity (Wildman–Crippen MR) is 103 cm³/mol. The SMILES string of the molecule is CCCC/C=C\CCCCCCCC(=O)OC(CC)CCCC(=O)O. The number of rotatable bonds is 17. The Morgan fingerprint density at radius 1 is 0.880 bits per heavy atom. The van der Waals surface area contributed by atoms with Crippen molar-refractivity contribution in [1.29, 1.82) is 0 Å². The molecular weight excluding hydrogens is 316 g/mol. The summed E-state index contributed by atoms with van der Waals surface area (Å²) in [6, 6.07) is 0. The third-order valence-corrected chi connectivity index (χ3v) is 4.31. The van der Waals surface area contributed by atoms with Crippen LogP contribution in [-0.4, -0.2) is 23.1 Å². The van der Waals surface area contributed by atoms with E-state index < -0.39 is 5.97 Å². The van der Waals surface area contributed by atoms with Gasteiger partial charge in [0.25, 0.3) is 0 Å². The molecule has 146 valence electrons. The molecule has 25 heavy (non-hydrogen) atoms. The van der Waals surface area contributed by atoms with Crippen molar-refractivity contribution in [2.24, 2.45) is 0 Å². The Balaban J connectivity index is 3.52. The van der Waals surface area contributed by atoms with Crippen LogP contribution in [0.4, 0.5) is 0 Å². The number of carbonyl (C=O) groups is 2. The first-order chi connectivity index (χ1) is 12.1. The van der Waals surface area contributed by atoms with Gasteiger partial charge in [0.1, 0.15) is 6.10 Å². The highest BCUT2D eigenvalue weighted by Gasteiger charge is 2.12. The van der Waals surface area contributed by atoms with Crippen LogP contribution in [0.5, 0.6) is 0 Å². The molecule has 0 bridgehead atoms. The van der Waals surface area contributed by atoms with Crippen molar-refractivity contribution in [3.05, 3.63) is 12.2 Å². The molecule has 0 aromatic rings. The van der Waals surface area contributed by atoms with Gasteiger partial charge in [-0.3, -0.25) is 9.59 Å². The second-order valence-electron chi connectivity index (χ2n) is 6.73. The molecular formula is C21H38O4. The number of hydrogen-bond donors (Lipinski definition) is 1. The van der Waals surface area contributed by atoms with E-state index in [0.717, 1.165) is 19.3 Å². The van der Waals surface area contributed by atoms with E-state index in [4.69, 9.17) is 9.84 Å². The van der Waals surface area contributed by atoms with Crippen LogP contribution in [0.25, 0.3) is 0 Å². The molecule has 0 aromatic heterocycles. The van der Waals surface area contributed by atoms with Gasteiger partial charge in [-0.2, -0.15) is 0 Å². The molecule has 0 heterocycles. The van der Waals surface area contributed by atoms with Gasteiger partial charge in [0.2, 0.25) is 0 Å². The Bertz CT molecular complexity index is 363. The van der Waals surface area contributed by atoms with Crippen LogP contribution in [-0.2, 0) is 14.3 Å². The Morgan fingerprint density at radius 3 is 2.16 bits per heavy atom. The lowest BCUT2D eigenvalue weighted by molar-refractivity contribution is -0.149. The monoisotopic (exact) mass is 354 g/mol. The minimum Gasteiger partial charge on any atom is -0.481 e. The van der Waals surface area contributed by atoms with Gasteiger partial charge in [0.05, 0.1) is 0 Å². The molecule has 1 atom stereocenters. The van der Waals surface area contributed by atoms with E-state index in [1.165, 1.54) is 44.9 Å². The molecule has 4 heteroatoms. The maximum atomic E-state index is 11.8. The van der Waals surface area contributed by atoms with Crippen molar-refractivity contribution < 1.29 is 19.4 Å². The lowest BCUT2D eigenvalue weighted by atomic mass is 10.1. The van der Waals surface area contributed by atoms with Gasteiger partial charge in [-0.15, -0.1) is 0 Å². The van der Waals surface area contributed by atoms with Crippen molar-refractivity contribution in [3.8, 4) is 0 Å². The molecule has 0 rings (SSSR count). The van der Waals surface area contributed by atoms with Gasteiger partial charge in [0.15, 0.2) is 0 Å². The van der Waals surface area contributed by atoms with E-state index in [-0.39, 0.29) is 18.5 Å². The zero-order valence-electron chi connectivity index (χ0n) is 16.3. The first-order valence-corrected chi connectivity index (χ1v) is 10.2. The fraction of sp³-hybridized carbons (Fsp3) is 0.810. The highest BCUT2D eigenvalue weighted by molar-refractivity contribution is 5.69.